The number of amides is 1. The number of carbonyl (C=O) groups excluding carboxylic acids is 1. The minimum absolute atomic E-state index is 0.0445. The third kappa shape index (κ3) is 4.03. The topological polar surface area (TPSA) is 101 Å². The Morgan fingerprint density at radius 2 is 1.83 bits per heavy atom. The van der Waals surface area contributed by atoms with E-state index >= 15 is 0 Å². The molecule has 0 saturated carbocycles. The lowest BCUT2D eigenvalue weighted by molar-refractivity contribution is -0.131. The number of hydrogen-bond donors (Lipinski definition) is 0. The van der Waals surface area contributed by atoms with Gasteiger partial charge in [0.25, 0.3) is 5.78 Å². The molecule has 1 fully saturated rings. The van der Waals surface area contributed by atoms with Gasteiger partial charge >= 0.3 is 0 Å². The normalized spacial score (nSPS) is 15.6. The van der Waals surface area contributed by atoms with Crippen molar-refractivity contribution in [3.63, 3.8) is 0 Å². The lowest BCUT2D eigenvalue weighted by atomic mass is 10.3. The first kappa shape index (κ1) is 20.7. The van der Waals surface area contributed by atoms with Crippen molar-refractivity contribution in [1.82, 2.24) is 28.8 Å². The number of aromatic nitrogens is 4. The van der Waals surface area contributed by atoms with E-state index in [-0.39, 0.29) is 30.3 Å². The highest BCUT2D eigenvalue weighted by atomic mass is 35.5. The van der Waals surface area contributed by atoms with Gasteiger partial charge < -0.3 is 4.90 Å². The van der Waals surface area contributed by atoms with Gasteiger partial charge in [0.05, 0.1) is 11.3 Å². The summed E-state index contributed by atoms with van der Waals surface area (Å²) in [6, 6.07) is 8.08. The minimum Gasteiger partial charge on any atom is -0.340 e. The third-order valence-electron chi connectivity index (χ3n) is 5.00. The molecule has 1 aliphatic rings. The van der Waals surface area contributed by atoms with Gasteiger partial charge in [0, 0.05) is 42.6 Å². The molecule has 1 aromatic carbocycles. The Hall–Kier alpha value is -2.56. The summed E-state index contributed by atoms with van der Waals surface area (Å²) >= 11 is 5.93. The molecule has 0 atom stereocenters. The maximum Gasteiger partial charge on any atom is 0.252 e. The molecule has 0 N–H and O–H groups in total. The summed E-state index contributed by atoms with van der Waals surface area (Å²) in [6.07, 6.45) is 0.0445. The van der Waals surface area contributed by atoms with Gasteiger partial charge in [0.1, 0.15) is 0 Å². The number of rotatable bonds is 4. The maximum atomic E-state index is 12.8. The highest BCUT2D eigenvalue weighted by molar-refractivity contribution is 7.89. The van der Waals surface area contributed by atoms with E-state index in [2.05, 4.69) is 15.1 Å². The van der Waals surface area contributed by atoms with Gasteiger partial charge in [-0.25, -0.2) is 17.9 Å². The lowest BCUT2D eigenvalue weighted by Crippen LogP contribution is -2.50. The number of fused-ring (bicyclic) bond motifs is 1. The van der Waals surface area contributed by atoms with Crippen LogP contribution in [-0.2, 0) is 21.2 Å². The van der Waals surface area contributed by atoms with Crippen LogP contribution in [0.2, 0.25) is 5.02 Å². The first-order chi connectivity index (χ1) is 14.2. The molecule has 30 heavy (non-hydrogen) atoms. The quantitative estimate of drug-likeness (QED) is 0.599. The van der Waals surface area contributed by atoms with E-state index in [4.69, 9.17) is 11.6 Å². The Labute approximate surface area is 179 Å². The number of halogens is 1. The van der Waals surface area contributed by atoms with E-state index < -0.39 is 10.0 Å². The molecule has 0 aliphatic carbocycles. The van der Waals surface area contributed by atoms with E-state index in [0.29, 0.717) is 29.7 Å². The lowest BCUT2D eigenvalue weighted by Gasteiger charge is -2.33. The second kappa shape index (κ2) is 7.93. The number of piperazine rings is 1. The summed E-state index contributed by atoms with van der Waals surface area (Å²) in [5.74, 6) is 0.725. The fourth-order valence-corrected chi connectivity index (χ4v) is 5.21. The van der Waals surface area contributed by atoms with Crippen LogP contribution in [0.5, 0.6) is 0 Å². The maximum absolute atomic E-state index is 12.8. The number of sulfonamides is 1. The predicted octanol–water partition coefficient (Wildman–Crippen LogP) is 1.47. The van der Waals surface area contributed by atoms with E-state index in [1.54, 1.807) is 21.5 Å². The Balaban J connectivity index is 1.42. The van der Waals surface area contributed by atoms with Gasteiger partial charge in [-0.05, 0) is 38.1 Å². The van der Waals surface area contributed by atoms with Gasteiger partial charge in [-0.2, -0.15) is 9.29 Å². The molecule has 0 unspecified atom stereocenters. The van der Waals surface area contributed by atoms with Crippen LogP contribution in [0, 0.1) is 13.8 Å². The van der Waals surface area contributed by atoms with Crippen LogP contribution < -0.4 is 0 Å². The molecule has 0 bridgehead atoms. The standard InChI is InChI=1S/C19H21ClN6O3S/c1-13-10-14(2)26-19(21-13)22-17(23-26)12-18(27)24-6-8-25(9-7-24)30(28,29)16-5-3-4-15(20)11-16/h3-5,10-11H,6-9,12H2,1-2H3. The van der Waals surface area contributed by atoms with Crippen LogP contribution >= 0.6 is 11.6 Å². The average molecular weight is 449 g/mol. The van der Waals surface area contributed by atoms with Crippen LogP contribution in [0.4, 0.5) is 0 Å². The van der Waals surface area contributed by atoms with E-state index in [0.717, 1.165) is 11.4 Å². The van der Waals surface area contributed by atoms with Crippen molar-refractivity contribution < 1.29 is 13.2 Å². The highest BCUT2D eigenvalue weighted by Gasteiger charge is 2.30. The smallest absolute Gasteiger partial charge is 0.252 e. The second-order valence-corrected chi connectivity index (χ2v) is 9.57. The second-order valence-electron chi connectivity index (χ2n) is 7.20. The van der Waals surface area contributed by atoms with Crippen molar-refractivity contribution in [3.05, 3.63) is 52.6 Å². The minimum atomic E-state index is -3.64. The average Bonchev–Trinajstić information content (AvgIpc) is 3.10. The third-order valence-corrected chi connectivity index (χ3v) is 7.13. The molecule has 0 spiro atoms. The molecule has 1 saturated heterocycles. The molecule has 11 heteroatoms. The molecule has 4 rings (SSSR count). The van der Waals surface area contributed by atoms with Gasteiger partial charge in [0.2, 0.25) is 15.9 Å². The summed E-state index contributed by atoms with van der Waals surface area (Å²) in [7, 11) is -3.64. The molecular formula is C19H21ClN6O3S. The molecule has 3 heterocycles. The number of hydrogen-bond acceptors (Lipinski definition) is 6. The fourth-order valence-electron chi connectivity index (χ4n) is 3.48. The Kier molecular flexibility index (Phi) is 5.48. The zero-order valence-electron chi connectivity index (χ0n) is 16.6. The van der Waals surface area contributed by atoms with Crippen molar-refractivity contribution in [1.29, 1.82) is 0 Å². The van der Waals surface area contributed by atoms with E-state index in [1.807, 2.05) is 19.9 Å². The van der Waals surface area contributed by atoms with Crippen LogP contribution in [0.15, 0.2) is 35.2 Å². The number of carbonyl (C=O) groups is 1. The summed E-state index contributed by atoms with van der Waals surface area (Å²) in [5, 5.41) is 4.73. The molecule has 0 radical (unpaired) electrons. The first-order valence-corrected chi connectivity index (χ1v) is 11.3. The van der Waals surface area contributed by atoms with Crippen molar-refractivity contribution in [2.45, 2.75) is 25.2 Å². The number of nitrogens with zero attached hydrogens (tertiary/aromatic N) is 6. The molecule has 158 valence electrons. The van der Waals surface area contributed by atoms with E-state index in [1.165, 1.54) is 16.4 Å². The molecular weight excluding hydrogens is 428 g/mol. The van der Waals surface area contributed by atoms with Crippen LogP contribution in [0.25, 0.3) is 5.78 Å². The molecule has 2 aromatic heterocycles. The summed E-state index contributed by atoms with van der Waals surface area (Å²) in [5.41, 5.74) is 1.73. The van der Waals surface area contributed by atoms with Crippen molar-refractivity contribution in [2.24, 2.45) is 0 Å². The Morgan fingerprint density at radius 3 is 2.53 bits per heavy atom. The molecule has 9 nitrogen and oxygen atoms in total. The van der Waals surface area contributed by atoms with Crippen molar-refractivity contribution in [3.8, 4) is 0 Å². The largest absolute Gasteiger partial charge is 0.340 e. The van der Waals surface area contributed by atoms with Crippen molar-refractivity contribution in [2.75, 3.05) is 26.2 Å². The zero-order valence-corrected chi connectivity index (χ0v) is 18.2. The number of aryl methyl sites for hydroxylation is 2. The van der Waals surface area contributed by atoms with Gasteiger partial charge in [-0.1, -0.05) is 17.7 Å². The Bertz CT molecular complexity index is 1220. The summed E-state index contributed by atoms with van der Waals surface area (Å²) in [4.78, 5) is 23.2. The first-order valence-electron chi connectivity index (χ1n) is 9.47. The van der Waals surface area contributed by atoms with E-state index in [9.17, 15) is 13.2 Å². The zero-order chi connectivity index (χ0) is 21.5. The molecule has 3 aromatic rings. The van der Waals surface area contributed by atoms with Crippen LogP contribution in [0.1, 0.15) is 17.2 Å². The Morgan fingerprint density at radius 1 is 1.10 bits per heavy atom. The van der Waals surface area contributed by atoms with Crippen LogP contribution in [-0.4, -0.2) is 69.3 Å². The van der Waals surface area contributed by atoms with Gasteiger partial charge in [-0.3, -0.25) is 4.79 Å². The molecule has 1 amide bonds. The summed E-state index contributed by atoms with van der Waals surface area (Å²) < 4.78 is 28.6. The molecule has 1 aliphatic heterocycles. The SMILES string of the molecule is Cc1cc(C)n2nc(CC(=O)N3CCN(S(=O)(=O)c4cccc(Cl)c4)CC3)nc2n1. The monoisotopic (exact) mass is 448 g/mol. The van der Waals surface area contributed by atoms with Crippen molar-refractivity contribution >= 4 is 33.3 Å². The fraction of sp³-hybridized carbons (Fsp3) is 0.368. The predicted molar refractivity (Wildman–Crippen MR) is 111 cm³/mol. The van der Waals surface area contributed by atoms with Gasteiger partial charge in [0.15, 0.2) is 5.82 Å². The van der Waals surface area contributed by atoms with Gasteiger partial charge in [-0.15, -0.1) is 5.10 Å². The highest BCUT2D eigenvalue weighted by Crippen LogP contribution is 2.21. The van der Waals surface area contributed by atoms with Crippen LogP contribution in [0.3, 0.4) is 0 Å². The number of benzene rings is 1. The summed E-state index contributed by atoms with van der Waals surface area (Å²) in [6.45, 7) is 4.84.